The Morgan fingerprint density at radius 1 is 1.15 bits per heavy atom. The van der Waals surface area contributed by atoms with Gasteiger partial charge in [0, 0.05) is 30.1 Å². The van der Waals surface area contributed by atoms with E-state index in [-0.39, 0.29) is 22.9 Å². The van der Waals surface area contributed by atoms with E-state index in [1.807, 2.05) is 6.92 Å². The molecule has 3 N–H and O–H groups in total. The number of amides is 1. The Balaban J connectivity index is 0.000000318. The summed E-state index contributed by atoms with van der Waals surface area (Å²) in [6.45, 7) is 5.77. The highest BCUT2D eigenvalue weighted by Crippen LogP contribution is 2.38. The molecule has 3 heterocycles. The van der Waals surface area contributed by atoms with Gasteiger partial charge in [0.1, 0.15) is 22.8 Å². The summed E-state index contributed by atoms with van der Waals surface area (Å²) in [5.41, 5.74) is 2.87. The predicted octanol–water partition coefficient (Wildman–Crippen LogP) is 3.95. The number of benzene rings is 1. The van der Waals surface area contributed by atoms with Gasteiger partial charge in [-0.3, -0.25) is 9.59 Å². The number of aromatic nitrogens is 3. The normalized spacial score (nSPS) is 15.7. The maximum absolute atomic E-state index is 14.5. The van der Waals surface area contributed by atoms with E-state index < -0.39 is 5.82 Å². The van der Waals surface area contributed by atoms with Crippen LogP contribution in [-0.4, -0.2) is 44.6 Å². The third-order valence-electron chi connectivity index (χ3n) is 5.46. The molecule has 0 atom stereocenters. The van der Waals surface area contributed by atoms with Crippen molar-refractivity contribution in [1.82, 2.24) is 15.0 Å². The molecule has 33 heavy (non-hydrogen) atoms. The number of Topliss-reactive ketones (excluding diaryl/α,β-unsaturated/α-hetero) is 1. The van der Waals surface area contributed by atoms with Gasteiger partial charge in [-0.15, -0.1) is 0 Å². The van der Waals surface area contributed by atoms with E-state index in [0.29, 0.717) is 34.5 Å². The zero-order valence-corrected chi connectivity index (χ0v) is 18.6. The predicted molar refractivity (Wildman–Crippen MR) is 126 cm³/mol. The third kappa shape index (κ3) is 5.11. The molecule has 2 aromatic heterocycles. The Labute approximate surface area is 189 Å². The van der Waals surface area contributed by atoms with Gasteiger partial charge >= 0.3 is 0 Å². The van der Waals surface area contributed by atoms with Crippen LogP contribution in [0.3, 0.4) is 0 Å². The maximum atomic E-state index is 14.5. The lowest BCUT2D eigenvalue weighted by atomic mass is 10.2. The maximum Gasteiger partial charge on any atom is 0.257 e. The molecule has 2 aliphatic rings. The second kappa shape index (κ2) is 8.89. The fraction of sp³-hybridized carbons (Fsp3) is 0.304. The Kier molecular flexibility index (Phi) is 5.99. The van der Waals surface area contributed by atoms with Gasteiger partial charge in [0.25, 0.3) is 5.91 Å². The van der Waals surface area contributed by atoms with E-state index in [1.165, 1.54) is 18.5 Å². The number of ketones is 1. The Bertz CT molecular complexity index is 1290. The Morgan fingerprint density at radius 3 is 2.52 bits per heavy atom. The molecule has 5 rings (SSSR count). The zero-order chi connectivity index (χ0) is 23.6. The van der Waals surface area contributed by atoms with Gasteiger partial charge in [-0.2, -0.15) is 10.2 Å². The highest BCUT2D eigenvalue weighted by molar-refractivity contribution is 6.31. The summed E-state index contributed by atoms with van der Waals surface area (Å²) >= 11 is 0. The average molecular weight is 449 g/mol. The molecule has 1 fully saturated rings. The van der Waals surface area contributed by atoms with Gasteiger partial charge in [-0.25, -0.2) is 14.4 Å². The van der Waals surface area contributed by atoms with Gasteiger partial charge < -0.3 is 15.6 Å². The van der Waals surface area contributed by atoms with Gasteiger partial charge in [0.15, 0.2) is 5.78 Å². The molecule has 0 spiro atoms. The van der Waals surface area contributed by atoms with E-state index in [1.54, 1.807) is 25.3 Å². The molecular weight excluding hydrogens is 425 g/mol. The molecular formula is C23H24FN7O2. The summed E-state index contributed by atoms with van der Waals surface area (Å²) in [6.07, 6.45) is 6.91. The molecule has 1 amide bonds. The van der Waals surface area contributed by atoms with Gasteiger partial charge in [-0.05, 0) is 51.8 Å². The van der Waals surface area contributed by atoms with E-state index >= 15 is 0 Å². The number of hydrogen-bond acceptors (Lipinski definition) is 7. The molecule has 1 saturated carbocycles. The minimum Gasteiger partial charge on any atom is -0.365 e. The van der Waals surface area contributed by atoms with E-state index in [4.69, 9.17) is 0 Å². The van der Waals surface area contributed by atoms with Crippen LogP contribution >= 0.6 is 0 Å². The van der Waals surface area contributed by atoms with E-state index in [0.717, 1.165) is 18.5 Å². The number of fused-ring (bicyclic) bond motifs is 1. The topological polar surface area (TPSA) is 124 Å². The number of anilines is 2. The van der Waals surface area contributed by atoms with Crippen molar-refractivity contribution in [2.45, 2.75) is 45.6 Å². The molecule has 1 aliphatic heterocycles. The SMILES string of the molecule is Cc1nc2ccc(F)c(NC(=O)c3cc[nH]c3C)c2nc1NC1(C)CC1.O=C1C=NN=CC1. The second-order valence-electron chi connectivity index (χ2n) is 8.32. The van der Waals surface area contributed by atoms with Crippen molar-refractivity contribution in [2.75, 3.05) is 10.6 Å². The number of carbonyl (C=O) groups excluding carboxylic acids is 2. The lowest BCUT2D eigenvalue weighted by molar-refractivity contribution is -0.111. The summed E-state index contributed by atoms with van der Waals surface area (Å²) in [6, 6.07) is 4.53. The van der Waals surface area contributed by atoms with Crippen molar-refractivity contribution >= 4 is 46.7 Å². The van der Waals surface area contributed by atoms with Crippen molar-refractivity contribution in [1.29, 1.82) is 0 Å². The fourth-order valence-corrected chi connectivity index (χ4v) is 3.23. The molecule has 0 bridgehead atoms. The highest BCUT2D eigenvalue weighted by Gasteiger charge is 2.38. The summed E-state index contributed by atoms with van der Waals surface area (Å²) < 4.78 is 14.5. The minimum atomic E-state index is -0.541. The first-order valence-electron chi connectivity index (χ1n) is 10.5. The van der Waals surface area contributed by atoms with Crippen LogP contribution < -0.4 is 10.6 Å². The first-order valence-corrected chi connectivity index (χ1v) is 10.5. The van der Waals surface area contributed by atoms with Gasteiger partial charge in [0.05, 0.1) is 23.0 Å². The number of aryl methyl sites for hydroxylation is 2. The number of halogens is 1. The Hall–Kier alpha value is -3.95. The summed E-state index contributed by atoms with van der Waals surface area (Å²) in [7, 11) is 0. The van der Waals surface area contributed by atoms with Crippen LogP contribution in [-0.2, 0) is 4.79 Å². The second-order valence-corrected chi connectivity index (χ2v) is 8.32. The minimum absolute atomic E-state index is 0.0199. The number of H-pyrrole nitrogens is 1. The van der Waals surface area contributed by atoms with E-state index in [2.05, 4.69) is 42.7 Å². The van der Waals surface area contributed by atoms with Gasteiger partial charge in [0.2, 0.25) is 0 Å². The van der Waals surface area contributed by atoms with Crippen LogP contribution in [0.25, 0.3) is 11.0 Å². The van der Waals surface area contributed by atoms with Crippen LogP contribution in [0.1, 0.15) is 47.9 Å². The number of rotatable bonds is 4. The lowest BCUT2D eigenvalue weighted by Crippen LogP contribution is -2.19. The van der Waals surface area contributed by atoms with Crippen molar-refractivity contribution in [3.63, 3.8) is 0 Å². The molecule has 1 aliphatic carbocycles. The smallest absolute Gasteiger partial charge is 0.257 e. The van der Waals surface area contributed by atoms with Crippen LogP contribution in [0.4, 0.5) is 15.9 Å². The number of nitrogens with one attached hydrogen (secondary N) is 3. The molecule has 0 unspecified atom stereocenters. The van der Waals surface area contributed by atoms with Crippen molar-refractivity contribution in [3.05, 3.63) is 47.2 Å². The molecule has 3 aromatic rings. The molecule has 9 nitrogen and oxygen atoms in total. The fourth-order valence-electron chi connectivity index (χ4n) is 3.23. The first kappa shape index (κ1) is 22.3. The number of nitrogens with zero attached hydrogens (tertiary/aromatic N) is 4. The standard InChI is InChI=1S/C19H20FN5O.C4H4N2O/c1-10-12(6-9-21-10)18(26)24-15-13(20)4-5-14-16(15)23-17(11(2)22-14)25-19(3)7-8-19;7-4-1-2-5-6-3-4/h4-6,9,21H,7-8H2,1-3H3,(H,23,25)(H,24,26);2-3H,1H2. The molecule has 170 valence electrons. The van der Waals surface area contributed by atoms with Gasteiger partial charge in [-0.1, -0.05) is 0 Å². The molecule has 0 saturated heterocycles. The highest BCUT2D eigenvalue weighted by atomic mass is 19.1. The monoisotopic (exact) mass is 449 g/mol. The lowest BCUT2D eigenvalue weighted by Gasteiger charge is -2.16. The quantitative estimate of drug-likeness (QED) is 0.556. The molecule has 1 aromatic carbocycles. The number of carbonyl (C=O) groups is 2. The Morgan fingerprint density at radius 2 is 1.94 bits per heavy atom. The summed E-state index contributed by atoms with van der Waals surface area (Å²) in [4.78, 5) is 34.8. The molecule has 10 heteroatoms. The molecule has 0 radical (unpaired) electrons. The third-order valence-corrected chi connectivity index (χ3v) is 5.46. The van der Waals surface area contributed by atoms with Crippen LogP contribution in [0.5, 0.6) is 0 Å². The summed E-state index contributed by atoms with van der Waals surface area (Å²) in [5, 5.41) is 12.8. The summed E-state index contributed by atoms with van der Waals surface area (Å²) in [5.74, 6) is -0.284. The first-order chi connectivity index (χ1) is 15.8. The van der Waals surface area contributed by atoms with Crippen molar-refractivity contribution in [2.24, 2.45) is 10.2 Å². The van der Waals surface area contributed by atoms with Crippen LogP contribution in [0, 0.1) is 19.7 Å². The largest absolute Gasteiger partial charge is 0.365 e. The van der Waals surface area contributed by atoms with Crippen molar-refractivity contribution < 1.29 is 14.0 Å². The average Bonchev–Trinajstić information content (AvgIpc) is 3.35. The van der Waals surface area contributed by atoms with Crippen molar-refractivity contribution in [3.8, 4) is 0 Å². The van der Waals surface area contributed by atoms with Crippen LogP contribution in [0.2, 0.25) is 0 Å². The van der Waals surface area contributed by atoms with Crippen LogP contribution in [0.15, 0.2) is 34.6 Å². The number of aromatic amines is 1. The van der Waals surface area contributed by atoms with E-state index in [9.17, 15) is 14.0 Å². The zero-order valence-electron chi connectivity index (χ0n) is 18.6. The number of hydrogen-bond donors (Lipinski definition) is 3.